The second-order valence-corrected chi connectivity index (χ2v) is 4.51. The topological polar surface area (TPSA) is 30.5 Å². The first-order valence-electron chi connectivity index (χ1n) is 5.93. The van der Waals surface area contributed by atoms with Crippen LogP contribution in [0.3, 0.4) is 0 Å². The van der Waals surface area contributed by atoms with Gasteiger partial charge >= 0.3 is 0 Å². The Balaban J connectivity index is 2.55. The van der Waals surface area contributed by atoms with E-state index in [2.05, 4.69) is 44.3 Å². The Morgan fingerprint density at radius 1 is 1.06 bits per heavy atom. The summed E-state index contributed by atoms with van der Waals surface area (Å²) in [6.45, 7) is 7.12. The average molecular weight is 237 g/mol. The molecule has 0 bridgehead atoms. The van der Waals surface area contributed by atoms with E-state index in [4.69, 9.17) is 9.47 Å². The van der Waals surface area contributed by atoms with E-state index in [9.17, 15) is 0 Å². The van der Waals surface area contributed by atoms with Crippen molar-refractivity contribution in [1.82, 2.24) is 5.32 Å². The first-order valence-corrected chi connectivity index (χ1v) is 5.93. The molecule has 96 valence electrons. The number of nitrogens with one attached hydrogen (secondary N) is 1. The van der Waals surface area contributed by atoms with Crippen LogP contribution in [0.25, 0.3) is 0 Å². The third-order valence-corrected chi connectivity index (χ3v) is 2.78. The van der Waals surface area contributed by atoms with Crippen LogP contribution in [-0.4, -0.2) is 26.6 Å². The van der Waals surface area contributed by atoms with E-state index in [-0.39, 0.29) is 12.3 Å². The summed E-state index contributed by atoms with van der Waals surface area (Å²) in [7, 11) is 3.31. The number of methoxy groups -OCH3 is 2. The molecule has 1 rings (SSSR count). The van der Waals surface area contributed by atoms with Gasteiger partial charge in [0.15, 0.2) is 6.29 Å². The summed E-state index contributed by atoms with van der Waals surface area (Å²) in [5, 5.41) is 3.41. The van der Waals surface area contributed by atoms with Gasteiger partial charge in [-0.05, 0) is 26.3 Å². The molecule has 3 nitrogen and oxygen atoms in total. The molecule has 0 spiro atoms. The van der Waals surface area contributed by atoms with E-state index >= 15 is 0 Å². The SMILES string of the molecule is COC(OC)C(C)NCc1cc(C)cc(C)c1. The lowest BCUT2D eigenvalue weighted by Crippen LogP contribution is -2.39. The van der Waals surface area contributed by atoms with Crippen molar-refractivity contribution in [2.45, 2.75) is 39.6 Å². The molecular weight excluding hydrogens is 214 g/mol. The number of ether oxygens (including phenoxy) is 2. The number of aryl methyl sites for hydroxylation is 2. The smallest absolute Gasteiger partial charge is 0.171 e. The first kappa shape index (κ1) is 14.2. The van der Waals surface area contributed by atoms with Crippen LogP contribution < -0.4 is 5.32 Å². The summed E-state index contributed by atoms with van der Waals surface area (Å²) < 4.78 is 10.4. The van der Waals surface area contributed by atoms with E-state index in [1.807, 2.05) is 0 Å². The molecule has 0 aliphatic carbocycles. The monoisotopic (exact) mass is 237 g/mol. The molecule has 17 heavy (non-hydrogen) atoms. The summed E-state index contributed by atoms with van der Waals surface area (Å²) >= 11 is 0. The highest BCUT2D eigenvalue weighted by Gasteiger charge is 2.14. The second kappa shape index (κ2) is 6.74. The summed E-state index contributed by atoms with van der Waals surface area (Å²) in [6, 6.07) is 6.73. The highest BCUT2D eigenvalue weighted by atomic mass is 16.7. The second-order valence-electron chi connectivity index (χ2n) is 4.51. The van der Waals surface area contributed by atoms with Crippen molar-refractivity contribution in [3.8, 4) is 0 Å². The Labute approximate surface area is 104 Å². The van der Waals surface area contributed by atoms with Gasteiger partial charge in [-0.1, -0.05) is 29.3 Å². The molecule has 0 aliphatic rings. The number of hydrogen-bond donors (Lipinski definition) is 1. The fourth-order valence-corrected chi connectivity index (χ4v) is 2.05. The van der Waals surface area contributed by atoms with Crippen molar-refractivity contribution >= 4 is 0 Å². The van der Waals surface area contributed by atoms with Crippen LogP contribution in [0.5, 0.6) is 0 Å². The minimum Gasteiger partial charge on any atom is -0.354 e. The minimum absolute atomic E-state index is 0.158. The van der Waals surface area contributed by atoms with Crippen molar-refractivity contribution in [3.05, 3.63) is 34.9 Å². The Morgan fingerprint density at radius 3 is 2.06 bits per heavy atom. The summed E-state index contributed by atoms with van der Waals surface area (Å²) in [4.78, 5) is 0. The molecule has 1 aromatic carbocycles. The van der Waals surface area contributed by atoms with Crippen LogP contribution in [0.1, 0.15) is 23.6 Å². The van der Waals surface area contributed by atoms with Crippen molar-refractivity contribution in [3.63, 3.8) is 0 Å². The maximum absolute atomic E-state index is 5.21. The molecule has 0 amide bonds. The van der Waals surface area contributed by atoms with Crippen molar-refractivity contribution in [1.29, 1.82) is 0 Å². The molecule has 1 aromatic rings. The predicted octanol–water partition coefficient (Wildman–Crippen LogP) is 2.40. The van der Waals surface area contributed by atoms with Crippen LogP contribution in [0, 0.1) is 13.8 Å². The summed E-state index contributed by atoms with van der Waals surface area (Å²) in [6.07, 6.45) is -0.207. The van der Waals surface area contributed by atoms with Gasteiger partial charge in [-0.25, -0.2) is 0 Å². The van der Waals surface area contributed by atoms with Gasteiger partial charge in [0.1, 0.15) is 0 Å². The van der Waals surface area contributed by atoms with Gasteiger partial charge in [-0.15, -0.1) is 0 Å². The summed E-state index contributed by atoms with van der Waals surface area (Å²) in [5.41, 5.74) is 3.88. The normalized spacial score (nSPS) is 13.1. The molecule has 1 N–H and O–H groups in total. The Hall–Kier alpha value is -0.900. The van der Waals surface area contributed by atoms with E-state index in [0.29, 0.717) is 0 Å². The molecule has 0 fully saturated rings. The van der Waals surface area contributed by atoms with E-state index in [1.165, 1.54) is 16.7 Å². The lowest BCUT2D eigenvalue weighted by atomic mass is 10.1. The molecule has 0 heterocycles. The highest BCUT2D eigenvalue weighted by molar-refractivity contribution is 5.28. The fraction of sp³-hybridized carbons (Fsp3) is 0.571. The van der Waals surface area contributed by atoms with Crippen molar-refractivity contribution in [2.75, 3.05) is 14.2 Å². The zero-order valence-corrected chi connectivity index (χ0v) is 11.4. The average Bonchev–Trinajstić information content (AvgIpc) is 2.27. The number of hydrogen-bond acceptors (Lipinski definition) is 3. The Bertz CT molecular complexity index is 328. The van der Waals surface area contributed by atoms with Crippen LogP contribution in [-0.2, 0) is 16.0 Å². The van der Waals surface area contributed by atoms with Gasteiger partial charge in [0.25, 0.3) is 0 Å². The quantitative estimate of drug-likeness (QED) is 0.771. The lowest BCUT2D eigenvalue weighted by Gasteiger charge is -2.22. The molecule has 1 atom stereocenters. The van der Waals surface area contributed by atoms with Crippen molar-refractivity contribution < 1.29 is 9.47 Å². The standard InChI is InChI=1S/C14H23NO2/c1-10-6-11(2)8-13(7-10)9-15-12(3)14(16-4)17-5/h6-8,12,14-15H,9H2,1-5H3. The maximum atomic E-state index is 5.21. The van der Waals surface area contributed by atoms with Gasteiger partial charge in [0.2, 0.25) is 0 Å². The van der Waals surface area contributed by atoms with Gasteiger partial charge in [-0.2, -0.15) is 0 Å². The van der Waals surface area contributed by atoms with Crippen LogP contribution in [0.2, 0.25) is 0 Å². The zero-order chi connectivity index (χ0) is 12.8. The highest BCUT2D eigenvalue weighted by Crippen LogP contribution is 2.09. The van der Waals surface area contributed by atoms with Gasteiger partial charge in [0, 0.05) is 20.8 Å². The predicted molar refractivity (Wildman–Crippen MR) is 70.0 cm³/mol. The molecule has 0 saturated heterocycles. The van der Waals surface area contributed by atoms with Crippen LogP contribution in [0.15, 0.2) is 18.2 Å². The zero-order valence-electron chi connectivity index (χ0n) is 11.4. The Kier molecular flexibility index (Phi) is 5.62. The van der Waals surface area contributed by atoms with Crippen LogP contribution in [0.4, 0.5) is 0 Å². The third-order valence-electron chi connectivity index (χ3n) is 2.78. The van der Waals surface area contributed by atoms with Crippen molar-refractivity contribution in [2.24, 2.45) is 0 Å². The molecule has 0 radical (unpaired) electrons. The van der Waals surface area contributed by atoms with E-state index in [1.54, 1.807) is 14.2 Å². The molecule has 1 unspecified atom stereocenters. The molecule has 0 aliphatic heterocycles. The van der Waals surface area contributed by atoms with Crippen LogP contribution >= 0.6 is 0 Å². The molecular formula is C14H23NO2. The fourth-order valence-electron chi connectivity index (χ4n) is 2.05. The van der Waals surface area contributed by atoms with E-state index < -0.39 is 0 Å². The number of rotatable bonds is 6. The molecule has 0 saturated carbocycles. The first-order chi connectivity index (χ1) is 8.06. The molecule has 0 aromatic heterocycles. The van der Waals surface area contributed by atoms with Gasteiger partial charge in [-0.3, -0.25) is 0 Å². The summed E-state index contributed by atoms with van der Waals surface area (Å²) in [5.74, 6) is 0. The largest absolute Gasteiger partial charge is 0.354 e. The maximum Gasteiger partial charge on any atom is 0.171 e. The lowest BCUT2D eigenvalue weighted by molar-refractivity contribution is -0.119. The third kappa shape index (κ3) is 4.46. The Morgan fingerprint density at radius 2 is 1.59 bits per heavy atom. The minimum atomic E-state index is -0.207. The van der Waals surface area contributed by atoms with Gasteiger partial charge < -0.3 is 14.8 Å². The van der Waals surface area contributed by atoms with E-state index in [0.717, 1.165) is 6.54 Å². The molecule has 3 heteroatoms. The number of benzene rings is 1. The van der Waals surface area contributed by atoms with Gasteiger partial charge in [0.05, 0.1) is 6.04 Å².